The van der Waals surface area contributed by atoms with Crippen molar-refractivity contribution >= 4 is 29.2 Å². The van der Waals surface area contributed by atoms with E-state index in [1.807, 2.05) is 6.07 Å². The predicted octanol–water partition coefficient (Wildman–Crippen LogP) is 4.32. The van der Waals surface area contributed by atoms with Gasteiger partial charge in [-0.15, -0.1) is 0 Å². The summed E-state index contributed by atoms with van der Waals surface area (Å²) in [5.74, 6) is -0.989. The number of nitrogens with one attached hydrogen (secondary N) is 1. The summed E-state index contributed by atoms with van der Waals surface area (Å²) >= 11 is 12.0. The highest BCUT2D eigenvalue weighted by Gasteiger charge is 2.16. The molecule has 4 aromatic rings. The summed E-state index contributed by atoms with van der Waals surface area (Å²) in [5, 5.41) is 14.3. The van der Waals surface area contributed by atoms with Gasteiger partial charge in [-0.25, -0.2) is 9.37 Å². The normalized spacial score (nSPS) is 10.9. The van der Waals surface area contributed by atoms with E-state index in [-0.39, 0.29) is 22.5 Å². The van der Waals surface area contributed by atoms with Crippen LogP contribution < -0.4 is 5.32 Å². The van der Waals surface area contributed by atoms with Gasteiger partial charge in [0.25, 0.3) is 0 Å². The maximum absolute atomic E-state index is 13.6. The molecule has 7 nitrogen and oxygen atoms in total. The van der Waals surface area contributed by atoms with Crippen LogP contribution in [0.3, 0.4) is 0 Å². The van der Waals surface area contributed by atoms with E-state index in [2.05, 4.69) is 30.8 Å². The van der Waals surface area contributed by atoms with Crippen LogP contribution in [0.5, 0.6) is 0 Å². The molecule has 1 aromatic carbocycles. The number of tetrazole rings is 1. The van der Waals surface area contributed by atoms with E-state index in [0.29, 0.717) is 16.9 Å². The maximum atomic E-state index is 13.6. The molecule has 0 saturated carbocycles. The van der Waals surface area contributed by atoms with E-state index in [9.17, 15) is 8.78 Å². The second-order valence-electron chi connectivity index (χ2n) is 5.84. The van der Waals surface area contributed by atoms with E-state index in [1.165, 1.54) is 29.1 Å². The molecule has 3 aromatic heterocycles. The van der Waals surface area contributed by atoms with Crippen molar-refractivity contribution in [2.24, 2.45) is 0 Å². The van der Waals surface area contributed by atoms with Crippen LogP contribution >= 0.6 is 23.2 Å². The van der Waals surface area contributed by atoms with Gasteiger partial charge in [0, 0.05) is 30.6 Å². The summed E-state index contributed by atoms with van der Waals surface area (Å²) in [4.78, 5) is 7.89. The Kier molecular flexibility index (Phi) is 5.32. The number of halogens is 4. The Hall–Kier alpha value is -3.17. The van der Waals surface area contributed by atoms with Crippen molar-refractivity contribution in [1.82, 2.24) is 30.2 Å². The fourth-order valence-corrected chi connectivity index (χ4v) is 3.10. The van der Waals surface area contributed by atoms with Crippen LogP contribution in [0.1, 0.15) is 5.56 Å². The summed E-state index contributed by atoms with van der Waals surface area (Å²) < 4.78 is 28.4. The first-order valence-corrected chi connectivity index (χ1v) is 9.02. The van der Waals surface area contributed by atoms with E-state index in [4.69, 9.17) is 23.2 Å². The highest BCUT2D eigenvalue weighted by atomic mass is 35.5. The molecule has 0 unspecified atom stereocenters. The van der Waals surface area contributed by atoms with Crippen LogP contribution in [-0.2, 0) is 6.54 Å². The molecular weight excluding hydrogens is 423 g/mol. The highest BCUT2D eigenvalue weighted by Crippen LogP contribution is 2.31. The van der Waals surface area contributed by atoms with Crippen molar-refractivity contribution < 1.29 is 8.78 Å². The smallest absolute Gasteiger partial charge is 0.248 e. The number of benzene rings is 1. The zero-order valence-corrected chi connectivity index (χ0v) is 16.0. The largest absolute Gasteiger partial charge is 0.349 e. The molecule has 3 heterocycles. The van der Waals surface area contributed by atoms with Crippen molar-refractivity contribution in [2.45, 2.75) is 6.54 Å². The lowest BCUT2D eigenvalue weighted by molar-refractivity contribution is 0.584. The number of hydrogen-bond acceptors (Lipinski definition) is 6. The Morgan fingerprint density at radius 2 is 1.86 bits per heavy atom. The average Bonchev–Trinajstić information content (AvgIpc) is 3.19. The molecule has 0 bridgehead atoms. The lowest BCUT2D eigenvalue weighted by atomic mass is 10.1. The fourth-order valence-electron chi connectivity index (χ4n) is 2.70. The molecule has 0 atom stereocenters. The maximum Gasteiger partial charge on any atom is 0.248 e. The van der Waals surface area contributed by atoms with Crippen molar-refractivity contribution in [1.29, 1.82) is 0 Å². The molecule has 0 saturated heterocycles. The molecule has 29 heavy (non-hydrogen) atoms. The molecule has 146 valence electrons. The number of nitrogens with zero attached hydrogens (tertiary/aromatic N) is 6. The Morgan fingerprint density at radius 3 is 2.69 bits per heavy atom. The molecule has 0 spiro atoms. The number of aromatic nitrogens is 6. The summed E-state index contributed by atoms with van der Waals surface area (Å²) in [7, 11) is 0. The van der Waals surface area contributed by atoms with E-state index < -0.39 is 11.8 Å². The Bertz CT molecular complexity index is 1180. The van der Waals surface area contributed by atoms with Gasteiger partial charge in [0.2, 0.25) is 11.9 Å². The summed E-state index contributed by atoms with van der Waals surface area (Å²) in [6, 6.07) is 9.16. The van der Waals surface area contributed by atoms with E-state index in [0.717, 1.165) is 5.56 Å². The molecule has 0 amide bonds. The Labute approximate surface area is 173 Å². The molecule has 1 N–H and O–H groups in total. The van der Waals surface area contributed by atoms with Gasteiger partial charge < -0.3 is 5.32 Å². The summed E-state index contributed by atoms with van der Waals surface area (Å²) in [5.41, 5.74) is 2.26. The van der Waals surface area contributed by atoms with E-state index in [1.54, 1.807) is 18.3 Å². The van der Waals surface area contributed by atoms with Crippen LogP contribution in [0.2, 0.25) is 10.0 Å². The van der Waals surface area contributed by atoms with Gasteiger partial charge in [-0.05, 0) is 40.3 Å². The predicted molar refractivity (Wildman–Crippen MR) is 104 cm³/mol. The number of rotatable bonds is 5. The van der Waals surface area contributed by atoms with Crippen LogP contribution in [0, 0.1) is 11.8 Å². The van der Waals surface area contributed by atoms with Gasteiger partial charge >= 0.3 is 0 Å². The lowest BCUT2D eigenvalue weighted by Gasteiger charge is -2.12. The highest BCUT2D eigenvalue weighted by molar-refractivity contribution is 6.43. The summed E-state index contributed by atoms with van der Waals surface area (Å²) in [6.45, 7) is 0.278. The molecule has 0 aliphatic heterocycles. The van der Waals surface area contributed by atoms with Crippen LogP contribution in [-0.4, -0.2) is 30.2 Å². The minimum absolute atomic E-state index is 0.0173. The Balaban J connectivity index is 1.63. The average molecular weight is 434 g/mol. The summed E-state index contributed by atoms with van der Waals surface area (Å²) in [6.07, 6.45) is 2.99. The van der Waals surface area contributed by atoms with Gasteiger partial charge in [0.15, 0.2) is 0 Å². The van der Waals surface area contributed by atoms with Gasteiger partial charge in [-0.2, -0.15) is 9.07 Å². The third-order valence-electron chi connectivity index (χ3n) is 4.04. The molecule has 0 aliphatic rings. The quantitative estimate of drug-likeness (QED) is 0.372. The number of pyridine rings is 2. The van der Waals surface area contributed by atoms with Crippen molar-refractivity contribution in [3.63, 3.8) is 0 Å². The molecule has 11 heteroatoms. The van der Waals surface area contributed by atoms with Gasteiger partial charge in [0.05, 0.1) is 21.4 Å². The van der Waals surface area contributed by atoms with E-state index >= 15 is 0 Å². The molecule has 0 aliphatic carbocycles. The number of hydrogen-bond donors (Lipinski definition) is 1. The van der Waals surface area contributed by atoms with Gasteiger partial charge in [0.1, 0.15) is 5.82 Å². The van der Waals surface area contributed by atoms with Crippen molar-refractivity contribution in [3.8, 4) is 16.9 Å². The third kappa shape index (κ3) is 3.87. The zero-order chi connectivity index (χ0) is 20.4. The molecule has 4 rings (SSSR count). The second-order valence-corrected chi connectivity index (χ2v) is 6.60. The number of anilines is 1. The first kappa shape index (κ1) is 19.2. The first-order valence-electron chi connectivity index (χ1n) is 8.26. The minimum Gasteiger partial charge on any atom is -0.349 e. The molecule has 0 radical (unpaired) electrons. The van der Waals surface area contributed by atoms with Crippen molar-refractivity contribution in [2.75, 3.05) is 5.32 Å². The third-order valence-corrected chi connectivity index (χ3v) is 4.89. The van der Waals surface area contributed by atoms with Gasteiger partial charge in [-0.3, -0.25) is 4.98 Å². The monoisotopic (exact) mass is 433 g/mol. The second kappa shape index (κ2) is 8.06. The molecular formula is C18H11Cl2F2N7. The van der Waals surface area contributed by atoms with Crippen LogP contribution in [0.25, 0.3) is 16.9 Å². The fraction of sp³-hybridized carbons (Fsp3) is 0.0556. The van der Waals surface area contributed by atoms with Crippen LogP contribution in [0.4, 0.5) is 14.7 Å². The first-order chi connectivity index (χ1) is 14.0. The zero-order valence-electron chi connectivity index (χ0n) is 14.5. The lowest BCUT2D eigenvalue weighted by Crippen LogP contribution is -2.09. The minimum atomic E-state index is -0.646. The molecule has 0 fully saturated rings. The Morgan fingerprint density at radius 1 is 1.00 bits per heavy atom. The topological polar surface area (TPSA) is 81.4 Å². The van der Waals surface area contributed by atoms with Gasteiger partial charge in [-0.1, -0.05) is 34.4 Å². The SMILES string of the molecule is Fc1cc(-c2ncccc2CNc2nnnn2-c2ccc(F)c(Cl)c2Cl)ccn1. The van der Waals surface area contributed by atoms with Crippen LogP contribution in [0.15, 0.2) is 48.8 Å². The standard InChI is InChI=1S/C18H11Cl2F2N7/c19-15-12(21)3-4-13(16(15)20)29-18(26-27-28-29)25-9-11-2-1-6-24-17(11)10-5-7-23-14(22)8-10/h1-8H,9H2,(H,25,26,28). The van der Waals surface area contributed by atoms with Crippen molar-refractivity contribution in [3.05, 3.63) is 76.2 Å².